The van der Waals surface area contributed by atoms with E-state index in [1.807, 2.05) is 0 Å². The minimum absolute atomic E-state index is 0.104. The Morgan fingerprint density at radius 1 is 0.296 bits per heavy atom. The van der Waals surface area contributed by atoms with E-state index < -0.39 is 97.5 Å². The molecule has 19 heteroatoms. The Morgan fingerprint density at radius 2 is 0.520 bits per heavy atom. The summed E-state index contributed by atoms with van der Waals surface area (Å²) in [5, 5.41) is 10.6. The summed E-state index contributed by atoms with van der Waals surface area (Å²) in [4.78, 5) is 72.9. The van der Waals surface area contributed by atoms with E-state index in [-0.39, 0.29) is 25.7 Å². The van der Waals surface area contributed by atoms with Crippen LogP contribution < -0.4 is 0 Å². The van der Waals surface area contributed by atoms with E-state index in [1.54, 1.807) is 0 Å². The lowest BCUT2D eigenvalue weighted by atomic mass is 9.99. The Bertz CT molecular complexity index is 1910. The molecule has 0 amide bonds. The molecular weight excluding hydrogens is 1280 g/mol. The third kappa shape index (κ3) is 69.8. The number of aliphatic hydroxyl groups excluding tert-OH is 1. The molecule has 0 bridgehead atoms. The number of aliphatic hydroxyl groups is 1. The molecule has 0 aromatic rings. The topological polar surface area (TPSA) is 237 Å². The minimum atomic E-state index is -4.96. The van der Waals surface area contributed by atoms with E-state index >= 15 is 0 Å². The fourth-order valence-corrected chi connectivity index (χ4v) is 13.6. The molecule has 0 aliphatic carbocycles. The fourth-order valence-electron chi connectivity index (χ4n) is 12.1. The quantitative estimate of drug-likeness (QED) is 0.0222. The van der Waals surface area contributed by atoms with Crippen LogP contribution in [0, 0.1) is 17.8 Å². The van der Waals surface area contributed by atoms with Crippen LogP contribution in [0.5, 0.6) is 0 Å². The largest absolute Gasteiger partial charge is 0.472 e. The van der Waals surface area contributed by atoms with Crippen molar-refractivity contribution in [1.29, 1.82) is 0 Å². The van der Waals surface area contributed by atoms with Crippen LogP contribution in [0.3, 0.4) is 0 Å². The van der Waals surface area contributed by atoms with Gasteiger partial charge in [-0.3, -0.25) is 37.3 Å². The van der Waals surface area contributed by atoms with Gasteiger partial charge in [0.25, 0.3) is 0 Å². The molecule has 17 nitrogen and oxygen atoms in total. The summed E-state index contributed by atoms with van der Waals surface area (Å²) in [6.07, 6.45) is 57.0. The maximum Gasteiger partial charge on any atom is 0.472 e. The standard InChI is InChI=1S/C79H154O17P2/c1-8-11-12-13-14-15-16-17-18-19-20-21-22-27-30-33-39-48-55-62-78(83)95-74(66-89-76(81)60-53-46-38-32-29-26-24-23-25-28-31-36-44-51-58-71(6)9-2)68-93-97(85,86)91-64-73(80)65-92-98(87,88)94-69-75(67-90-77(82)61-54-47-42-41-43-50-57-70(4)5)96-79(84)63-56-49-40-35-34-37-45-52-59-72(7)10-3/h70-75,80H,8-69H2,1-7H3,(H,85,86)(H,87,88)/t71?,72?,73-,74-,75-/m1/s1. The molecule has 0 fully saturated rings. The lowest BCUT2D eigenvalue weighted by Crippen LogP contribution is -2.30. The Labute approximate surface area is 600 Å². The average molecular weight is 1440 g/mol. The van der Waals surface area contributed by atoms with Crippen LogP contribution in [0.4, 0.5) is 0 Å². The van der Waals surface area contributed by atoms with Crippen molar-refractivity contribution in [2.24, 2.45) is 17.8 Å². The molecule has 0 aromatic carbocycles. The third-order valence-electron chi connectivity index (χ3n) is 19.1. The molecule has 98 heavy (non-hydrogen) atoms. The summed E-state index contributed by atoms with van der Waals surface area (Å²) in [7, 11) is -9.92. The first-order chi connectivity index (χ1) is 47.3. The van der Waals surface area contributed by atoms with Gasteiger partial charge >= 0.3 is 39.5 Å². The lowest BCUT2D eigenvalue weighted by molar-refractivity contribution is -0.161. The number of hydrogen-bond donors (Lipinski definition) is 3. The molecule has 582 valence electrons. The van der Waals surface area contributed by atoms with Gasteiger partial charge in [-0.25, -0.2) is 9.13 Å². The summed E-state index contributed by atoms with van der Waals surface area (Å²) in [5.41, 5.74) is 0. The van der Waals surface area contributed by atoms with Gasteiger partial charge in [0.2, 0.25) is 0 Å². The van der Waals surface area contributed by atoms with Crippen LogP contribution in [-0.2, 0) is 65.4 Å². The van der Waals surface area contributed by atoms with Crippen LogP contribution in [0.2, 0.25) is 0 Å². The number of esters is 4. The van der Waals surface area contributed by atoms with E-state index in [2.05, 4.69) is 48.5 Å². The van der Waals surface area contributed by atoms with Crippen molar-refractivity contribution in [2.75, 3.05) is 39.6 Å². The molecule has 0 rings (SSSR count). The molecule has 0 aromatic heterocycles. The molecule has 0 saturated heterocycles. The molecule has 0 radical (unpaired) electrons. The van der Waals surface area contributed by atoms with Crippen molar-refractivity contribution in [2.45, 2.75) is 426 Å². The van der Waals surface area contributed by atoms with E-state index in [0.29, 0.717) is 31.6 Å². The highest BCUT2D eigenvalue weighted by Gasteiger charge is 2.30. The number of carbonyl (C=O) groups excluding carboxylic acids is 4. The Balaban J connectivity index is 5.22. The highest BCUT2D eigenvalue weighted by Crippen LogP contribution is 2.45. The lowest BCUT2D eigenvalue weighted by Gasteiger charge is -2.21. The summed E-state index contributed by atoms with van der Waals surface area (Å²) >= 11 is 0. The van der Waals surface area contributed by atoms with Gasteiger partial charge in [0.15, 0.2) is 12.2 Å². The van der Waals surface area contributed by atoms with Crippen molar-refractivity contribution in [3.63, 3.8) is 0 Å². The van der Waals surface area contributed by atoms with E-state index in [1.165, 1.54) is 212 Å². The van der Waals surface area contributed by atoms with Gasteiger partial charge in [0.05, 0.1) is 26.4 Å². The molecule has 0 spiro atoms. The van der Waals surface area contributed by atoms with E-state index in [0.717, 1.165) is 108 Å². The highest BCUT2D eigenvalue weighted by atomic mass is 31.2. The molecule has 3 N–H and O–H groups in total. The second kappa shape index (κ2) is 69.4. The van der Waals surface area contributed by atoms with Crippen molar-refractivity contribution >= 4 is 39.5 Å². The van der Waals surface area contributed by atoms with Crippen molar-refractivity contribution in [3.8, 4) is 0 Å². The van der Waals surface area contributed by atoms with Gasteiger partial charge in [-0.2, -0.15) is 0 Å². The molecule has 7 atom stereocenters. The summed E-state index contributed by atoms with van der Waals surface area (Å²) < 4.78 is 68.6. The van der Waals surface area contributed by atoms with Crippen molar-refractivity contribution in [1.82, 2.24) is 0 Å². The van der Waals surface area contributed by atoms with Crippen LogP contribution in [0.1, 0.15) is 408 Å². The first kappa shape index (κ1) is 96.1. The zero-order valence-corrected chi connectivity index (χ0v) is 66.0. The number of unbranched alkanes of at least 4 members (excludes halogenated alkanes) is 43. The van der Waals surface area contributed by atoms with Gasteiger partial charge in [0, 0.05) is 25.7 Å². The van der Waals surface area contributed by atoms with Crippen LogP contribution >= 0.6 is 15.6 Å². The van der Waals surface area contributed by atoms with E-state index in [9.17, 15) is 43.2 Å². The number of phosphoric acid groups is 2. The predicted molar refractivity (Wildman–Crippen MR) is 400 cm³/mol. The molecular formula is C79H154O17P2. The first-order valence-electron chi connectivity index (χ1n) is 40.9. The average Bonchev–Trinajstić information content (AvgIpc) is 2.14. The van der Waals surface area contributed by atoms with Gasteiger partial charge in [-0.1, -0.05) is 357 Å². The smallest absolute Gasteiger partial charge is 0.462 e. The Hall–Kier alpha value is -1.94. The second-order valence-corrected chi connectivity index (χ2v) is 32.3. The molecule has 4 unspecified atom stereocenters. The predicted octanol–water partition coefficient (Wildman–Crippen LogP) is 23.4. The third-order valence-corrected chi connectivity index (χ3v) is 21.0. The highest BCUT2D eigenvalue weighted by molar-refractivity contribution is 7.47. The summed E-state index contributed by atoms with van der Waals surface area (Å²) in [6, 6.07) is 0. The first-order valence-corrected chi connectivity index (χ1v) is 43.9. The van der Waals surface area contributed by atoms with Crippen LogP contribution in [0.15, 0.2) is 0 Å². The molecule has 0 heterocycles. The maximum absolute atomic E-state index is 13.1. The SMILES string of the molecule is CCCCCCCCCCCCCCCCCCCCCC(=O)O[C@H](COC(=O)CCCCCCCCCCCCCCCCC(C)CC)COP(=O)(O)OC[C@@H](O)COP(=O)(O)OC[C@@H](COC(=O)CCCCCCCCC(C)C)OC(=O)CCCCCCCCCCC(C)CC. The zero-order valence-electron chi connectivity index (χ0n) is 64.3. The fraction of sp³-hybridized carbons (Fsp3) is 0.949. The van der Waals surface area contributed by atoms with Crippen LogP contribution in [0.25, 0.3) is 0 Å². The van der Waals surface area contributed by atoms with Gasteiger partial charge < -0.3 is 33.8 Å². The number of ether oxygens (including phenoxy) is 4. The van der Waals surface area contributed by atoms with Gasteiger partial charge in [-0.15, -0.1) is 0 Å². The summed E-state index contributed by atoms with van der Waals surface area (Å²) in [6.45, 7) is 11.9. The molecule has 0 aliphatic rings. The van der Waals surface area contributed by atoms with Crippen molar-refractivity contribution in [3.05, 3.63) is 0 Å². The molecule has 0 aliphatic heterocycles. The van der Waals surface area contributed by atoms with Gasteiger partial charge in [0.1, 0.15) is 19.3 Å². The summed E-state index contributed by atoms with van der Waals surface area (Å²) in [5.74, 6) is 0.181. The number of carbonyl (C=O) groups is 4. The normalized spacial score (nSPS) is 14.6. The number of phosphoric ester groups is 2. The number of hydrogen-bond acceptors (Lipinski definition) is 15. The zero-order chi connectivity index (χ0) is 72.3. The maximum atomic E-state index is 13.1. The molecule has 0 saturated carbocycles. The Morgan fingerprint density at radius 3 is 0.776 bits per heavy atom. The van der Waals surface area contributed by atoms with Crippen LogP contribution in [-0.4, -0.2) is 96.7 Å². The second-order valence-electron chi connectivity index (χ2n) is 29.4. The van der Waals surface area contributed by atoms with E-state index in [4.69, 9.17) is 37.0 Å². The van der Waals surface area contributed by atoms with Gasteiger partial charge in [-0.05, 0) is 43.4 Å². The minimum Gasteiger partial charge on any atom is -0.462 e. The number of rotatable bonds is 77. The monoisotopic (exact) mass is 1440 g/mol. The van der Waals surface area contributed by atoms with Crippen molar-refractivity contribution < 1.29 is 80.2 Å². The Kier molecular flexibility index (Phi) is 68.1.